The maximum Gasteiger partial charge on any atom is 0.139 e. The summed E-state index contributed by atoms with van der Waals surface area (Å²) in [6.07, 6.45) is 0. The second kappa shape index (κ2) is 15.3. The van der Waals surface area contributed by atoms with Crippen molar-refractivity contribution in [1.29, 1.82) is 0 Å². The van der Waals surface area contributed by atoms with Gasteiger partial charge in [-0.2, -0.15) is 17.5 Å². The van der Waals surface area contributed by atoms with Gasteiger partial charge in [0.1, 0.15) is 45.4 Å². The first-order valence-corrected chi connectivity index (χ1v) is 20.9. The van der Waals surface area contributed by atoms with E-state index < -0.39 is 0 Å². The monoisotopic (exact) mass is 812 g/mol. The molecule has 1 aliphatic heterocycles. The van der Waals surface area contributed by atoms with Gasteiger partial charge in [-0.15, -0.1) is 0 Å². The summed E-state index contributed by atoms with van der Waals surface area (Å²) in [6, 6.07) is 66.2. The molecule has 10 aromatic rings. The zero-order chi connectivity index (χ0) is 39.8. The fourth-order valence-electron chi connectivity index (χ4n) is 7.73. The molecule has 1 aliphatic rings. The molecular formula is C50H32N6O2S2. The second-order valence-electron chi connectivity index (χ2n) is 14.1. The van der Waals surface area contributed by atoms with Crippen LogP contribution < -0.4 is 9.80 Å². The van der Waals surface area contributed by atoms with Crippen LogP contribution in [-0.4, -0.2) is 8.75 Å². The van der Waals surface area contributed by atoms with Crippen LogP contribution in [0.2, 0.25) is 0 Å². The third kappa shape index (κ3) is 6.40. The lowest BCUT2D eigenvalue weighted by Crippen LogP contribution is -2.09. The van der Waals surface area contributed by atoms with Crippen molar-refractivity contribution < 1.29 is 8.83 Å². The second-order valence-corrected chi connectivity index (χ2v) is 15.2. The van der Waals surface area contributed by atoms with E-state index in [9.17, 15) is 0 Å². The van der Waals surface area contributed by atoms with Gasteiger partial charge in [-0.1, -0.05) is 72.8 Å². The summed E-state index contributed by atoms with van der Waals surface area (Å²) < 4.78 is 32.3. The number of rotatable bonds is 10. The number of para-hydroxylation sites is 4. The average molecular weight is 813 g/mol. The minimum atomic E-state index is 0.645. The molecular weight excluding hydrogens is 781 g/mol. The van der Waals surface area contributed by atoms with Gasteiger partial charge in [0.2, 0.25) is 0 Å². The van der Waals surface area contributed by atoms with Crippen molar-refractivity contribution >= 4 is 79.6 Å². The molecule has 0 N–H and O–H groups in total. The van der Waals surface area contributed by atoms with Crippen LogP contribution in [-0.2, 0) is 11.4 Å². The van der Waals surface area contributed by atoms with E-state index in [1.54, 1.807) is 0 Å². The molecule has 4 heterocycles. The molecule has 60 heavy (non-hydrogen) atoms. The van der Waals surface area contributed by atoms with Crippen LogP contribution in [0.1, 0.15) is 0 Å². The lowest BCUT2D eigenvalue weighted by Gasteiger charge is -2.25. The van der Waals surface area contributed by atoms with E-state index in [1.165, 1.54) is 0 Å². The van der Waals surface area contributed by atoms with Crippen molar-refractivity contribution in [3.8, 4) is 45.3 Å². The quantitative estimate of drug-likeness (QED) is 0.137. The smallest absolute Gasteiger partial charge is 0.139 e. The highest BCUT2D eigenvalue weighted by Gasteiger charge is 2.29. The predicted octanol–water partition coefficient (Wildman–Crippen LogP) is 15.2. The molecule has 0 atom stereocenters. The highest BCUT2D eigenvalue weighted by Crippen LogP contribution is 2.53. The topological polar surface area (TPSA) is 83.3 Å². The first kappa shape index (κ1) is 35.5. The molecule has 0 aliphatic carbocycles. The summed E-state index contributed by atoms with van der Waals surface area (Å²) >= 11 is 2.29. The molecule has 0 saturated carbocycles. The molecule has 286 valence electrons. The van der Waals surface area contributed by atoms with Crippen molar-refractivity contribution in [2.45, 2.75) is 0 Å². The fourth-order valence-corrected chi connectivity index (χ4v) is 8.85. The van der Waals surface area contributed by atoms with Crippen molar-refractivity contribution in [2.24, 2.45) is 8.73 Å². The van der Waals surface area contributed by atoms with E-state index >= 15 is 0 Å². The Bertz CT molecular complexity index is 2890. The van der Waals surface area contributed by atoms with Gasteiger partial charge in [-0.25, -0.2) is 0 Å². The third-order valence-electron chi connectivity index (χ3n) is 10.5. The van der Waals surface area contributed by atoms with E-state index in [0.29, 0.717) is 33.9 Å². The summed E-state index contributed by atoms with van der Waals surface area (Å²) in [4.78, 5) is 4.47. The van der Waals surface area contributed by atoms with Gasteiger partial charge in [-0.3, -0.25) is 0 Å². The average Bonchev–Trinajstić information content (AvgIpc) is 4.17. The molecule has 0 unspecified atom stereocenters. The maximum atomic E-state index is 6.60. The van der Waals surface area contributed by atoms with Gasteiger partial charge in [0.05, 0.1) is 34.2 Å². The molecule has 7 aromatic carbocycles. The zero-order valence-electron chi connectivity index (χ0n) is 31.8. The minimum Gasteiger partial charge on any atom is -0.456 e. The van der Waals surface area contributed by atoms with Crippen LogP contribution in [0.25, 0.3) is 56.3 Å². The lowest BCUT2D eigenvalue weighted by molar-refractivity contribution is 0.597. The molecule has 11 rings (SSSR count). The van der Waals surface area contributed by atoms with E-state index in [2.05, 4.69) is 155 Å². The molecule has 0 radical (unpaired) electrons. The van der Waals surface area contributed by atoms with Crippen LogP contribution in [0, 0.1) is 0 Å². The number of fused-ring (bicyclic) bond motifs is 2. The van der Waals surface area contributed by atoms with E-state index in [-0.39, 0.29) is 0 Å². The number of hydrogen-bond acceptors (Lipinski definition) is 9. The lowest BCUT2D eigenvalue weighted by atomic mass is 10.00. The van der Waals surface area contributed by atoms with Crippen molar-refractivity contribution in [2.75, 3.05) is 9.80 Å². The summed E-state index contributed by atoms with van der Waals surface area (Å²) in [5.41, 5.74) is 12.6. The zero-order valence-corrected chi connectivity index (χ0v) is 33.4. The minimum absolute atomic E-state index is 0.645. The number of anilines is 6. The van der Waals surface area contributed by atoms with Gasteiger partial charge < -0.3 is 18.6 Å². The van der Waals surface area contributed by atoms with Crippen LogP contribution in [0.4, 0.5) is 45.5 Å². The first-order chi connectivity index (χ1) is 29.8. The molecule has 0 bridgehead atoms. The predicted molar refractivity (Wildman–Crippen MR) is 245 cm³/mol. The molecule has 0 saturated heterocycles. The summed E-state index contributed by atoms with van der Waals surface area (Å²) in [7, 11) is 0. The van der Waals surface area contributed by atoms with Crippen LogP contribution in [0.3, 0.4) is 0 Å². The Morgan fingerprint density at radius 3 is 1.00 bits per heavy atom. The van der Waals surface area contributed by atoms with Gasteiger partial charge in [0, 0.05) is 45.3 Å². The number of hydrogen-bond donors (Lipinski definition) is 0. The normalized spacial score (nSPS) is 11.7. The largest absolute Gasteiger partial charge is 0.456 e. The van der Waals surface area contributed by atoms with E-state index in [4.69, 9.17) is 26.3 Å². The van der Waals surface area contributed by atoms with Crippen LogP contribution in [0.5, 0.6) is 0 Å². The van der Waals surface area contributed by atoms with Crippen molar-refractivity contribution in [3.05, 3.63) is 194 Å². The summed E-state index contributed by atoms with van der Waals surface area (Å²) in [6.45, 7) is 0. The molecule has 0 spiro atoms. The van der Waals surface area contributed by atoms with E-state index in [1.807, 2.05) is 48.5 Å². The Morgan fingerprint density at radius 2 is 0.650 bits per heavy atom. The van der Waals surface area contributed by atoms with Crippen LogP contribution in [0.15, 0.2) is 212 Å². The molecule has 0 fully saturated rings. The standard InChI is InChI=1S/C50H32N6O2S2/c1-5-13-35(14-6-1)55(36-15-7-2-8-16-36)39-25-21-33(22-26-39)41-29-31-43(57-41)45-47-49(53-59-51-47)46(50-48(45)52-60-54-50)44-32-30-42(58-44)34-23-27-40(28-24-34)56(37-17-9-3-10-18-37)38-19-11-4-12-20-38/h1-32H. The molecule has 3 aromatic heterocycles. The SMILES string of the molecule is c1ccc(N(c2ccccc2)c2ccc(-c3ccc(-c4c5c(c(-c6ccc(-c7ccc(N(c8ccccc8)c8ccccc8)cc7)o6)c6nsnc46)N=S=N5)o3)cc2)cc1. The number of furan rings is 2. The Morgan fingerprint density at radius 1 is 0.333 bits per heavy atom. The Balaban J connectivity index is 0.905. The Kier molecular flexibility index (Phi) is 9.03. The van der Waals surface area contributed by atoms with Crippen molar-refractivity contribution in [3.63, 3.8) is 0 Å². The fraction of sp³-hybridized carbons (Fsp3) is 0. The summed E-state index contributed by atoms with van der Waals surface area (Å²) in [5, 5.41) is 0. The van der Waals surface area contributed by atoms with E-state index in [0.717, 1.165) is 91.0 Å². The molecule has 0 amide bonds. The van der Waals surface area contributed by atoms with Gasteiger partial charge in [0.15, 0.2) is 0 Å². The van der Waals surface area contributed by atoms with Gasteiger partial charge >= 0.3 is 0 Å². The Hall–Kier alpha value is -7.66. The third-order valence-corrected chi connectivity index (χ3v) is 11.6. The number of benzene rings is 7. The van der Waals surface area contributed by atoms with Crippen molar-refractivity contribution in [1.82, 2.24) is 8.75 Å². The van der Waals surface area contributed by atoms with Crippen LogP contribution >= 0.6 is 11.7 Å². The number of aromatic nitrogens is 2. The number of nitrogens with zero attached hydrogens (tertiary/aromatic N) is 6. The Labute approximate surface area is 353 Å². The van der Waals surface area contributed by atoms with Gasteiger partial charge in [-0.05, 0) is 121 Å². The highest BCUT2D eigenvalue weighted by atomic mass is 32.1. The molecule has 8 nitrogen and oxygen atoms in total. The molecule has 10 heteroatoms. The summed E-state index contributed by atoms with van der Waals surface area (Å²) in [5.74, 6) is 2.76. The highest BCUT2D eigenvalue weighted by molar-refractivity contribution is 7.58. The van der Waals surface area contributed by atoms with Gasteiger partial charge in [0.25, 0.3) is 0 Å². The first-order valence-electron chi connectivity index (χ1n) is 19.4. The maximum absolute atomic E-state index is 6.60.